The summed E-state index contributed by atoms with van der Waals surface area (Å²) < 4.78 is 26.2. The van der Waals surface area contributed by atoms with Crippen molar-refractivity contribution in [3.05, 3.63) is 46.0 Å². The molecule has 0 spiro atoms. The molecule has 0 saturated carbocycles. The number of rotatable bonds is 5. The largest absolute Gasteiger partial charge is 0.273 e. The zero-order valence-corrected chi connectivity index (χ0v) is 11.0. The molecule has 0 bridgehead atoms. The van der Waals surface area contributed by atoms with Gasteiger partial charge in [-0.1, -0.05) is 18.2 Å². The maximum absolute atomic E-state index is 12.0. The molecular formula is C11H14N2O4S. The summed E-state index contributed by atoms with van der Waals surface area (Å²) in [7, 11) is -3.76. The van der Waals surface area contributed by atoms with Crippen molar-refractivity contribution in [1.29, 1.82) is 0 Å². The monoisotopic (exact) mass is 270 g/mol. The maximum atomic E-state index is 12.0. The first kappa shape index (κ1) is 14.3. The summed E-state index contributed by atoms with van der Waals surface area (Å²) in [4.78, 5) is 10.1. The summed E-state index contributed by atoms with van der Waals surface area (Å²) >= 11 is 0. The van der Waals surface area contributed by atoms with Gasteiger partial charge in [0.1, 0.15) is 0 Å². The van der Waals surface area contributed by atoms with E-state index in [1.165, 1.54) is 25.1 Å². The lowest BCUT2D eigenvalue weighted by atomic mass is 10.2. The fourth-order valence-corrected chi connectivity index (χ4v) is 2.75. The number of hydrogen-bond acceptors (Lipinski definition) is 4. The lowest BCUT2D eigenvalue weighted by Crippen LogP contribution is -2.26. The van der Waals surface area contributed by atoms with Gasteiger partial charge < -0.3 is 0 Å². The zero-order valence-electron chi connectivity index (χ0n) is 10.1. The van der Waals surface area contributed by atoms with Crippen LogP contribution in [0.25, 0.3) is 0 Å². The Labute approximate surface area is 106 Å². The molecule has 1 aromatic rings. The van der Waals surface area contributed by atoms with Gasteiger partial charge in [0.15, 0.2) is 0 Å². The number of nitro benzene ring substituents is 1. The molecule has 1 aromatic carbocycles. The quantitative estimate of drug-likeness (QED) is 0.501. The van der Waals surface area contributed by atoms with Crippen molar-refractivity contribution in [2.45, 2.75) is 18.7 Å². The second-order valence-electron chi connectivity index (χ2n) is 3.94. The number of hydrogen-bond donors (Lipinski definition) is 1. The van der Waals surface area contributed by atoms with Crippen LogP contribution < -0.4 is 4.72 Å². The predicted molar refractivity (Wildman–Crippen MR) is 67.8 cm³/mol. The molecule has 0 aliphatic rings. The van der Waals surface area contributed by atoms with Crippen molar-refractivity contribution in [2.24, 2.45) is 0 Å². The first-order valence-corrected chi connectivity index (χ1v) is 6.62. The van der Waals surface area contributed by atoms with Gasteiger partial charge in [-0.2, -0.15) is 0 Å². The molecule has 0 saturated heterocycles. The van der Waals surface area contributed by atoms with Crippen LogP contribution in [0.3, 0.4) is 0 Å². The maximum Gasteiger partial charge on any atom is 0.273 e. The summed E-state index contributed by atoms with van der Waals surface area (Å²) in [5.74, 6) is 0. The minimum absolute atomic E-state index is 0.0852. The average molecular weight is 270 g/mol. The molecule has 0 unspecified atom stereocenters. The van der Waals surface area contributed by atoms with Gasteiger partial charge in [0.2, 0.25) is 10.0 Å². The number of sulfonamides is 1. The molecule has 0 radical (unpaired) electrons. The Kier molecular flexibility index (Phi) is 4.20. The van der Waals surface area contributed by atoms with E-state index in [1.54, 1.807) is 6.92 Å². The van der Waals surface area contributed by atoms with Gasteiger partial charge in [-0.25, -0.2) is 13.1 Å². The van der Waals surface area contributed by atoms with Crippen molar-refractivity contribution >= 4 is 15.7 Å². The highest BCUT2D eigenvalue weighted by Crippen LogP contribution is 2.24. The van der Waals surface area contributed by atoms with Crippen molar-refractivity contribution < 1.29 is 13.3 Å². The lowest BCUT2D eigenvalue weighted by molar-refractivity contribution is -0.385. The van der Waals surface area contributed by atoms with E-state index in [4.69, 9.17) is 0 Å². The molecule has 1 N–H and O–H groups in total. The Morgan fingerprint density at radius 1 is 1.50 bits per heavy atom. The second kappa shape index (κ2) is 5.28. The van der Waals surface area contributed by atoms with Gasteiger partial charge in [0, 0.05) is 18.2 Å². The van der Waals surface area contributed by atoms with Crippen LogP contribution in [-0.4, -0.2) is 19.9 Å². The van der Waals surface area contributed by atoms with E-state index in [2.05, 4.69) is 11.3 Å². The van der Waals surface area contributed by atoms with Crippen LogP contribution in [0.1, 0.15) is 12.5 Å². The fourth-order valence-electron chi connectivity index (χ4n) is 1.39. The Morgan fingerprint density at radius 3 is 2.61 bits per heavy atom. The Balaban J connectivity index is 3.21. The molecule has 18 heavy (non-hydrogen) atoms. The first-order valence-electron chi connectivity index (χ1n) is 5.14. The van der Waals surface area contributed by atoms with Gasteiger partial charge in [-0.3, -0.25) is 10.1 Å². The van der Waals surface area contributed by atoms with E-state index in [1.807, 2.05) is 0 Å². The van der Waals surface area contributed by atoms with Gasteiger partial charge >= 0.3 is 0 Å². The van der Waals surface area contributed by atoms with Crippen LogP contribution in [0.2, 0.25) is 0 Å². The van der Waals surface area contributed by atoms with Crippen molar-refractivity contribution in [3.63, 3.8) is 0 Å². The summed E-state index contributed by atoms with van der Waals surface area (Å²) in [6.07, 6.45) is 0. The number of benzene rings is 1. The minimum Gasteiger partial charge on any atom is -0.258 e. The molecule has 0 amide bonds. The van der Waals surface area contributed by atoms with Crippen LogP contribution in [0, 0.1) is 17.0 Å². The third-order valence-electron chi connectivity index (χ3n) is 2.31. The normalized spacial score (nSPS) is 11.2. The summed E-state index contributed by atoms with van der Waals surface area (Å²) in [6.45, 7) is 6.78. The van der Waals surface area contributed by atoms with E-state index in [0.717, 1.165) is 0 Å². The van der Waals surface area contributed by atoms with Crippen molar-refractivity contribution in [1.82, 2.24) is 4.72 Å². The van der Waals surface area contributed by atoms with E-state index in [9.17, 15) is 18.5 Å². The molecule has 0 fully saturated rings. The SMILES string of the molecule is C=C(C)CNS(=O)(=O)c1cccc([N+](=O)[O-])c1C. The number of nitro groups is 1. The molecule has 7 heteroatoms. The molecule has 0 atom stereocenters. The van der Waals surface area contributed by atoms with Crippen molar-refractivity contribution in [3.8, 4) is 0 Å². The Morgan fingerprint density at radius 2 is 2.11 bits per heavy atom. The predicted octanol–water partition coefficient (Wildman–Crippen LogP) is 1.76. The van der Waals surface area contributed by atoms with Crippen molar-refractivity contribution in [2.75, 3.05) is 6.54 Å². The van der Waals surface area contributed by atoms with E-state index in [0.29, 0.717) is 5.57 Å². The number of nitrogens with zero attached hydrogens (tertiary/aromatic N) is 1. The fraction of sp³-hybridized carbons (Fsp3) is 0.273. The van der Waals surface area contributed by atoms with Crippen LogP contribution >= 0.6 is 0 Å². The third kappa shape index (κ3) is 3.14. The van der Waals surface area contributed by atoms with Gasteiger partial charge in [0.25, 0.3) is 5.69 Å². The summed E-state index contributed by atoms with van der Waals surface area (Å²) in [5, 5.41) is 10.7. The van der Waals surface area contributed by atoms with Crippen LogP contribution in [0.5, 0.6) is 0 Å². The Bertz CT molecular complexity index is 593. The molecule has 0 aromatic heterocycles. The second-order valence-corrected chi connectivity index (χ2v) is 5.67. The highest BCUT2D eigenvalue weighted by Gasteiger charge is 2.22. The van der Waals surface area contributed by atoms with Gasteiger partial charge in [0.05, 0.1) is 9.82 Å². The van der Waals surface area contributed by atoms with Crippen LogP contribution in [-0.2, 0) is 10.0 Å². The van der Waals surface area contributed by atoms with Gasteiger partial charge in [-0.05, 0) is 19.9 Å². The lowest BCUT2D eigenvalue weighted by Gasteiger charge is -2.09. The molecular weight excluding hydrogens is 256 g/mol. The smallest absolute Gasteiger partial charge is 0.258 e. The Hall–Kier alpha value is -1.73. The minimum atomic E-state index is -3.76. The summed E-state index contributed by atoms with van der Waals surface area (Å²) in [5.41, 5.74) is 0.562. The van der Waals surface area contributed by atoms with E-state index in [-0.39, 0.29) is 22.7 Å². The van der Waals surface area contributed by atoms with E-state index < -0.39 is 14.9 Å². The standard InChI is InChI=1S/C11H14N2O4S/c1-8(2)7-12-18(16,17)11-6-4-5-10(9(11)3)13(14)15/h4-6,12H,1,7H2,2-3H3. The molecule has 0 aliphatic heterocycles. The highest BCUT2D eigenvalue weighted by molar-refractivity contribution is 7.89. The molecule has 6 nitrogen and oxygen atoms in total. The van der Waals surface area contributed by atoms with Crippen LogP contribution in [0.4, 0.5) is 5.69 Å². The molecule has 98 valence electrons. The molecule has 0 aliphatic carbocycles. The van der Waals surface area contributed by atoms with Crippen LogP contribution in [0.15, 0.2) is 35.2 Å². The molecule has 0 heterocycles. The third-order valence-corrected chi connectivity index (χ3v) is 3.85. The zero-order chi connectivity index (χ0) is 13.9. The topological polar surface area (TPSA) is 89.3 Å². The average Bonchev–Trinajstić information content (AvgIpc) is 2.26. The highest BCUT2D eigenvalue weighted by atomic mass is 32.2. The molecule has 1 rings (SSSR count). The van der Waals surface area contributed by atoms with Gasteiger partial charge in [-0.15, -0.1) is 0 Å². The summed E-state index contributed by atoms with van der Waals surface area (Å²) in [6, 6.07) is 3.96. The first-order chi connectivity index (χ1) is 8.25. The number of nitrogens with one attached hydrogen (secondary N) is 1. The van der Waals surface area contributed by atoms with E-state index >= 15 is 0 Å².